The molecule has 1 aromatic heterocycles. The van der Waals surface area contributed by atoms with E-state index in [1.807, 2.05) is 18.3 Å². The first-order chi connectivity index (χ1) is 8.34. The van der Waals surface area contributed by atoms with Crippen molar-refractivity contribution in [1.29, 1.82) is 0 Å². The van der Waals surface area contributed by atoms with Crippen molar-refractivity contribution in [2.24, 2.45) is 0 Å². The lowest BCUT2D eigenvalue weighted by Crippen LogP contribution is -1.85. The Morgan fingerprint density at radius 3 is 2.59 bits per heavy atom. The number of aromatic nitrogens is 2. The van der Waals surface area contributed by atoms with E-state index < -0.39 is 0 Å². The van der Waals surface area contributed by atoms with Crippen LogP contribution < -0.4 is 0 Å². The van der Waals surface area contributed by atoms with Crippen molar-refractivity contribution in [3.63, 3.8) is 0 Å². The zero-order valence-corrected chi connectivity index (χ0v) is 9.59. The fourth-order valence-electron chi connectivity index (χ4n) is 1.99. The van der Waals surface area contributed by atoms with E-state index in [2.05, 4.69) is 47.2 Å². The van der Waals surface area contributed by atoms with E-state index in [9.17, 15) is 0 Å². The van der Waals surface area contributed by atoms with Gasteiger partial charge in [0, 0.05) is 11.6 Å². The van der Waals surface area contributed by atoms with Crippen LogP contribution in [0.2, 0.25) is 0 Å². The Morgan fingerprint density at radius 2 is 1.76 bits per heavy atom. The lowest BCUT2D eigenvalue weighted by atomic mass is 10.0. The van der Waals surface area contributed by atoms with Gasteiger partial charge >= 0.3 is 0 Å². The van der Waals surface area contributed by atoms with Gasteiger partial charge in [-0.1, -0.05) is 42.0 Å². The Morgan fingerprint density at radius 1 is 0.941 bits per heavy atom. The number of aryl methyl sites for hydroxylation is 1. The van der Waals surface area contributed by atoms with Crippen molar-refractivity contribution in [3.05, 3.63) is 60.6 Å². The number of nitrogens with zero attached hydrogens (tertiary/aromatic N) is 2. The van der Waals surface area contributed by atoms with Gasteiger partial charge in [-0.25, -0.2) is 9.97 Å². The molecule has 17 heavy (non-hydrogen) atoms. The molecular weight excluding hydrogens is 208 g/mol. The van der Waals surface area contributed by atoms with Crippen molar-refractivity contribution in [1.82, 2.24) is 9.97 Å². The molecule has 1 heterocycles. The fourth-order valence-corrected chi connectivity index (χ4v) is 1.99. The number of hydrogen-bond donors (Lipinski definition) is 0. The molecule has 2 aromatic carbocycles. The van der Waals surface area contributed by atoms with Crippen molar-refractivity contribution in [2.75, 3.05) is 0 Å². The summed E-state index contributed by atoms with van der Waals surface area (Å²) < 4.78 is 0. The molecule has 0 N–H and O–H groups in total. The van der Waals surface area contributed by atoms with E-state index in [0.717, 1.165) is 10.9 Å². The second-order valence-corrected chi connectivity index (χ2v) is 4.13. The molecule has 0 spiro atoms. The number of hydrogen-bond acceptors (Lipinski definition) is 2. The average molecular weight is 220 g/mol. The van der Waals surface area contributed by atoms with Crippen molar-refractivity contribution in [2.45, 2.75) is 6.92 Å². The lowest BCUT2D eigenvalue weighted by molar-refractivity contribution is 1.22. The zero-order chi connectivity index (χ0) is 11.7. The van der Waals surface area contributed by atoms with Crippen molar-refractivity contribution < 1.29 is 0 Å². The first kappa shape index (κ1) is 9.97. The van der Waals surface area contributed by atoms with E-state index in [-0.39, 0.29) is 0 Å². The topological polar surface area (TPSA) is 25.8 Å². The molecule has 3 aromatic rings. The van der Waals surface area contributed by atoms with Gasteiger partial charge in [-0.15, -0.1) is 0 Å². The third-order valence-corrected chi connectivity index (χ3v) is 2.91. The van der Waals surface area contributed by atoms with Crippen molar-refractivity contribution in [3.8, 4) is 11.1 Å². The summed E-state index contributed by atoms with van der Waals surface area (Å²) in [5, 5.41) is 1.10. The first-order valence-corrected chi connectivity index (χ1v) is 5.60. The summed E-state index contributed by atoms with van der Waals surface area (Å²) in [6.45, 7) is 2.09. The highest BCUT2D eigenvalue weighted by Crippen LogP contribution is 2.26. The maximum Gasteiger partial charge on any atom is 0.116 e. The van der Waals surface area contributed by atoms with Gasteiger partial charge in [-0.3, -0.25) is 0 Å². The molecule has 2 heteroatoms. The third-order valence-electron chi connectivity index (χ3n) is 2.91. The van der Waals surface area contributed by atoms with Crippen LogP contribution >= 0.6 is 0 Å². The molecule has 0 bridgehead atoms. The largest absolute Gasteiger partial charge is 0.244 e. The standard InChI is InChI=1S/C15H12N2/c1-11-5-7-12(8-6-11)13-3-2-4-15-14(13)9-16-10-17-15/h2-10H,1H3. The molecule has 0 aliphatic heterocycles. The maximum atomic E-state index is 4.27. The normalized spacial score (nSPS) is 10.6. The molecule has 0 fully saturated rings. The van der Waals surface area contributed by atoms with Gasteiger partial charge in [0.2, 0.25) is 0 Å². The van der Waals surface area contributed by atoms with Gasteiger partial charge in [0.25, 0.3) is 0 Å². The second kappa shape index (κ2) is 3.98. The van der Waals surface area contributed by atoms with Crippen LogP contribution in [-0.4, -0.2) is 9.97 Å². The number of rotatable bonds is 1. The van der Waals surface area contributed by atoms with Crippen LogP contribution in [0, 0.1) is 6.92 Å². The predicted octanol–water partition coefficient (Wildman–Crippen LogP) is 3.61. The van der Waals surface area contributed by atoms with Gasteiger partial charge in [0.15, 0.2) is 0 Å². The van der Waals surface area contributed by atoms with E-state index in [1.165, 1.54) is 16.7 Å². The summed E-state index contributed by atoms with van der Waals surface area (Å²) in [4.78, 5) is 8.38. The molecule has 0 saturated carbocycles. The Kier molecular flexibility index (Phi) is 2.33. The molecule has 0 unspecified atom stereocenters. The molecule has 0 atom stereocenters. The minimum Gasteiger partial charge on any atom is -0.244 e. The van der Waals surface area contributed by atoms with Gasteiger partial charge in [0.05, 0.1) is 5.52 Å². The van der Waals surface area contributed by atoms with Crippen LogP contribution in [0.1, 0.15) is 5.56 Å². The Balaban J connectivity index is 2.27. The minimum absolute atomic E-state index is 0.984. The molecular formula is C15H12N2. The molecule has 0 aliphatic carbocycles. The summed E-state index contributed by atoms with van der Waals surface area (Å²) in [6, 6.07) is 14.7. The highest BCUT2D eigenvalue weighted by atomic mass is 14.8. The van der Waals surface area contributed by atoms with Gasteiger partial charge in [-0.05, 0) is 24.1 Å². The average Bonchev–Trinajstić information content (AvgIpc) is 2.39. The molecule has 0 amide bonds. The van der Waals surface area contributed by atoms with Crippen LogP contribution in [0.5, 0.6) is 0 Å². The van der Waals surface area contributed by atoms with Gasteiger partial charge in [-0.2, -0.15) is 0 Å². The quantitative estimate of drug-likeness (QED) is 0.626. The fraction of sp³-hybridized carbons (Fsp3) is 0.0667. The molecule has 82 valence electrons. The summed E-state index contributed by atoms with van der Waals surface area (Å²) in [6.07, 6.45) is 3.46. The Hall–Kier alpha value is -2.22. The van der Waals surface area contributed by atoms with Gasteiger partial charge in [0.1, 0.15) is 6.33 Å². The summed E-state index contributed by atoms with van der Waals surface area (Å²) >= 11 is 0. The summed E-state index contributed by atoms with van der Waals surface area (Å²) in [5.41, 5.74) is 4.64. The SMILES string of the molecule is Cc1ccc(-c2cccc3ncncc23)cc1. The second-order valence-electron chi connectivity index (χ2n) is 4.13. The molecule has 2 nitrogen and oxygen atoms in total. The number of fused-ring (bicyclic) bond motifs is 1. The van der Waals surface area contributed by atoms with E-state index in [4.69, 9.17) is 0 Å². The highest BCUT2D eigenvalue weighted by molar-refractivity contribution is 5.93. The minimum atomic E-state index is 0.984. The van der Waals surface area contributed by atoms with Gasteiger partial charge < -0.3 is 0 Å². The molecule has 3 rings (SSSR count). The zero-order valence-electron chi connectivity index (χ0n) is 9.59. The predicted molar refractivity (Wildman–Crippen MR) is 69.7 cm³/mol. The monoisotopic (exact) mass is 220 g/mol. The highest BCUT2D eigenvalue weighted by Gasteiger charge is 2.03. The Bertz CT molecular complexity index is 652. The smallest absolute Gasteiger partial charge is 0.116 e. The van der Waals surface area contributed by atoms with E-state index in [1.54, 1.807) is 6.33 Å². The maximum absolute atomic E-state index is 4.27. The first-order valence-electron chi connectivity index (χ1n) is 5.60. The third kappa shape index (κ3) is 1.78. The molecule has 0 aliphatic rings. The van der Waals surface area contributed by atoms with Crippen LogP contribution in [0.25, 0.3) is 22.0 Å². The van der Waals surface area contributed by atoms with Crippen LogP contribution in [0.15, 0.2) is 55.0 Å². The summed E-state index contributed by atoms with van der Waals surface area (Å²) in [7, 11) is 0. The van der Waals surface area contributed by atoms with Crippen LogP contribution in [-0.2, 0) is 0 Å². The van der Waals surface area contributed by atoms with E-state index >= 15 is 0 Å². The Labute approximate surface area is 100.0 Å². The molecule has 0 radical (unpaired) electrons. The lowest BCUT2D eigenvalue weighted by Gasteiger charge is -2.05. The number of benzene rings is 2. The summed E-state index contributed by atoms with van der Waals surface area (Å²) in [5.74, 6) is 0. The van der Waals surface area contributed by atoms with Crippen molar-refractivity contribution >= 4 is 10.9 Å². The van der Waals surface area contributed by atoms with Crippen LogP contribution in [0.3, 0.4) is 0 Å². The molecule has 0 saturated heterocycles. The van der Waals surface area contributed by atoms with Crippen LogP contribution in [0.4, 0.5) is 0 Å². The van der Waals surface area contributed by atoms with E-state index in [0.29, 0.717) is 0 Å².